The number of imidazole rings is 1. The number of amides is 1. The number of nitrogens with zero attached hydrogens (tertiary/aromatic N) is 6. The van der Waals surface area contributed by atoms with Crippen molar-refractivity contribution >= 4 is 17.7 Å². The standard InChI is InChI=1S/C31H33FN6O3/c1-19-13-20(16-36(5)6)7-8-22(19)24-15-34-29(37-17-21(14-33)35-28(24)37)38(30(39)41-31(2,3)4)18-25-23-11-12-40-27(23)10-9-26(25)32/h7-10,13,15,17H,11-12,16,18H2,1-6H3. The Morgan fingerprint density at radius 2 is 1.98 bits per heavy atom. The van der Waals surface area contributed by atoms with Gasteiger partial charge in [-0.25, -0.2) is 24.1 Å². The molecule has 0 fully saturated rings. The van der Waals surface area contributed by atoms with Crippen molar-refractivity contribution in [1.29, 1.82) is 5.26 Å². The molecular formula is C31H33FN6O3. The molecule has 0 aliphatic carbocycles. The molecule has 0 radical (unpaired) electrons. The van der Waals surface area contributed by atoms with Gasteiger partial charge in [0.05, 0.1) is 19.3 Å². The fraction of sp³-hybridized carbons (Fsp3) is 0.355. The summed E-state index contributed by atoms with van der Waals surface area (Å²) in [5, 5.41) is 9.72. The molecule has 1 amide bonds. The van der Waals surface area contributed by atoms with E-state index in [0.29, 0.717) is 41.1 Å². The number of rotatable bonds is 6. The number of benzene rings is 2. The summed E-state index contributed by atoms with van der Waals surface area (Å²) in [4.78, 5) is 26.3. The Kier molecular flexibility index (Phi) is 7.41. The number of hydrogen-bond acceptors (Lipinski definition) is 7. The number of hydrogen-bond donors (Lipinski definition) is 0. The van der Waals surface area contributed by atoms with Crippen LogP contribution in [0.5, 0.6) is 5.75 Å². The lowest BCUT2D eigenvalue weighted by Crippen LogP contribution is -2.38. The Bertz CT molecular complexity index is 1680. The molecule has 4 aromatic rings. The molecule has 0 spiro atoms. The molecule has 1 aliphatic rings. The van der Waals surface area contributed by atoms with Crippen molar-refractivity contribution in [2.24, 2.45) is 0 Å². The minimum Gasteiger partial charge on any atom is -0.493 e. The SMILES string of the molecule is Cc1cc(CN(C)C)ccc1-c1cnc(N(Cc2c(F)ccc3c2CCO3)C(=O)OC(C)(C)C)n2cc(C#N)nc12. The van der Waals surface area contributed by atoms with Gasteiger partial charge >= 0.3 is 6.09 Å². The Balaban J connectivity index is 1.66. The maximum absolute atomic E-state index is 15.2. The molecule has 212 valence electrons. The summed E-state index contributed by atoms with van der Waals surface area (Å²) in [6, 6.07) is 11.2. The zero-order valence-corrected chi connectivity index (χ0v) is 24.2. The predicted octanol–water partition coefficient (Wildman–Crippen LogP) is 5.65. The largest absolute Gasteiger partial charge is 0.493 e. The van der Waals surface area contributed by atoms with E-state index in [-0.39, 0.29) is 18.2 Å². The van der Waals surface area contributed by atoms with Gasteiger partial charge in [-0.2, -0.15) is 5.26 Å². The van der Waals surface area contributed by atoms with Gasteiger partial charge in [-0.3, -0.25) is 4.40 Å². The zero-order chi connectivity index (χ0) is 29.5. The third-order valence-electron chi connectivity index (χ3n) is 6.78. The van der Waals surface area contributed by atoms with Crippen molar-refractivity contribution in [3.8, 4) is 22.9 Å². The first-order valence-corrected chi connectivity index (χ1v) is 13.4. The van der Waals surface area contributed by atoms with Gasteiger partial charge in [0.15, 0.2) is 11.3 Å². The van der Waals surface area contributed by atoms with Crippen molar-refractivity contribution in [1.82, 2.24) is 19.3 Å². The molecule has 0 saturated carbocycles. The predicted molar refractivity (Wildman–Crippen MR) is 153 cm³/mol. The van der Waals surface area contributed by atoms with Gasteiger partial charge in [0, 0.05) is 35.9 Å². The summed E-state index contributed by atoms with van der Waals surface area (Å²) in [5.74, 6) is 0.304. The van der Waals surface area contributed by atoms with Crippen LogP contribution in [0, 0.1) is 24.1 Å². The molecule has 0 N–H and O–H groups in total. The van der Waals surface area contributed by atoms with Crippen LogP contribution in [-0.2, 0) is 24.2 Å². The van der Waals surface area contributed by atoms with Crippen LogP contribution < -0.4 is 9.64 Å². The monoisotopic (exact) mass is 556 g/mol. The molecule has 9 nitrogen and oxygen atoms in total. The van der Waals surface area contributed by atoms with Gasteiger partial charge in [0.2, 0.25) is 5.95 Å². The highest BCUT2D eigenvalue weighted by Gasteiger charge is 2.30. The van der Waals surface area contributed by atoms with Crippen LogP contribution in [0.15, 0.2) is 42.7 Å². The van der Waals surface area contributed by atoms with Gasteiger partial charge in [-0.1, -0.05) is 18.2 Å². The number of anilines is 1. The summed E-state index contributed by atoms with van der Waals surface area (Å²) >= 11 is 0. The van der Waals surface area contributed by atoms with Crippen LogP contribution in [0.3, 0.4) is 0 Å². The first-order chi connectivity index (χ1) is 19.4. The van der Waals surface area contributed by atoms with Crippen molar-refractivity contribution in [3.05, 3.63) is 76.5 Å². The van der Waals surface area contributed by atoms with E-state index in [1.165, 1.54) is 17.2 Å². The van der Waals surface area contributed by atoms with Crippen molar-refractivity contribution in [2.75, 3.05) is 25.6 Å². The summed E-state index contributed by atoms with van der Waals surface area (Å²) in [5.41, 5.74) is 4.63. The van der Waals surface area contributed by atoms with Crippen molar-refractivity contribution in [3.63, 3.8) is 0 Å². The van der Waals surface area contributed by atoms with Gasteiger partial charge in [-0.05, 0) is 70.6 Å². The van der Waals surface area contributed by atoms with E-state index in [1.807, 2.05) is 27.1 Å². The molecule has 41 heavy (non-hydrogen) atoms. The Labute approximate surface area is 238 Å². The minimum atomic E-state index is -0.813. The Morgan fingerprint density at radius 1 is 1.20 bits per heavy atom. The topological polar surface area (TPSA) is 96.0 Å². The maximum atomic E-state index is 15.2. The number of ether oxygens (including phenoxy) is 2. The highest BCUT2D eigenvalue weighted by molar-refractivity contribution is 5.88. The molecule has 0 bridgehead atoms. The average Bonchev–Trinajstić information content (AvgIpc) is 3.54. The summed E-state index contributed by atoms with van der Waals surface area (Å²) in [6.45, 7) is 8.39. The highest BCUT2D eigenvalue weighted by atomic mass is 19.1. The summed E-state index contributed by atoms with van der Waals surface area (Å²) in [7, 11) is 4.03. The normalized spacial score (nSPS) is 12.8. The van der Waals surface area contributed by atoms with Gasteiger partial charge in [-0.15, -0.1) is 0 Å². The van der Waals surface area contributed by atoms with Crippen LogP contribution in [0.25, 0.3) is 16.8 Å². The third kappa shape index (κ3) is 5.72. The number of carbonyl (C=O) groups excluding carboxylic acids is 1. The molecule has 5 rings (SSSR count). The fourth-order valence-electron chi connectivity index (χ4n) is 5.08. The minimum absolute atomic E-state index is 0.146. The van der Waals surface area contributed by atoms with E-state index in [1.54, 1.807) is 37.4 Å². The van der Waals surface area contributed by atoms with E-state index in [4.69, 9.17) is 14.5 Å². The number of carbonyl (C=O) groups is 1. The van der Waals surface area contributed by atoms with Gasteiger partial charge < -0.3 is 14.4 Å². The van der Waals surface area contributed by atoms with Crippen molar-refractivity contribution < 1.29 is 18.7 Å². The molecule has 2 aromatic heterocycles. The molecule has 0 saturated heterocycles. The quantitative estimate of drug-likeness (QED) is 0.303. The van der Waals surface area contributed by atoms with E-state index >= 15 is 4.39 Å². The van der Waals surface area contributed by atoms with Crippen molar-refractivity contribution in [2.45, 2.75) is 52.8 Å². The van der Waals surface area contributed by atoms with Crippen LogP contribution >= 0.6 is 0 Å². The first-order valence-electron chi connectivity index (χ1n) is 13.4. The second-order valence-electron chi connectivity index (χ2n) is 11.5. The smallest absolute Gasteiger partial charge is 0.417 e. The fourth-order valence-corrected chi connectivity index (χ4v) is 5.08. The molecular weight excluding hydrogens is 523 g/mol. The third-order valence-corrected chi connectivity index (χ3v) is 6.78. The van der Waals surface area contributed by atoms with Crippen LogP contribution in [0.2, 0.25) is 0 Å². The first kappa shape index (κ1) is 28.1. The lowest BCUT2D eigenvalue weighted by Gasteiger charge is -2.28. The number of aryl methyl sites for hydroxylation is 1. The number of fused-ring (bicyclic) bond motifs is 2. The second-order valence-corrected chi connectivity index (χ2v) is 11.5. The van der Waals surface area contributed by atoms with Crippen LogP contribution in [-0.4, -0.2) is 51.7 Å². The van der Waals surface area contributed by atoms with E-state index in [2.05, 4.69) is 28.1 Å². The maximum Gasteiger partial charge on any atom is 0.417 e. The lowest BCUT2D eigenvalue weighted by atomic mass is 10.00. The number of aromatic nitrogens is 3. The molecule has 3 heterocycles. The van der Waals surface area contributed by atoms with Crippen LogP contribution in [0.1, 0.15) is 48.7 Å². The Morgan fingerprint density at radius 3 is 2.66 bits per heavy atom. The lowest BCUT2D eigenvalue weighted by molar-refractivity contribution is 0.0574. The molecule has 0 atom stereocenters. The number of nitriles is 1. The molecule has 1 aliphatic heterocycles. The molecule has 2 aromatic carbocycles. The van der Waals surface area contributed by atoms with Gasteiger partial charge in [0.1, 0.15) is 23.2 Å². The Hall–Kier alpha value is -4.49. The van der Waals surface area contributed by atoms with Gasteiger partial charge in [0.25, 0.3) is 0 Å². The van der Waals surface area contributed by atoms with Crippen LogP contribution in [0.4, 0.5) is 15.1 Å². The zero-order valence-electron chi connectivity index (χ0n) is 24.2. The summed E-state index contributed by atoms with van der Waals surface area (Å²) in [6.07, 6.45) is 2.99. The average molecular weight is 557 g/mol. The van der Waals surface area contributed by atoms with E-state index in [0.717, 1.165) is 23.2 Å². The molecule has 0 unspecified atom stereocenters. The van der Waals surface area contributed by atoms with E-state index in [9.17, 15) is 10.1 Å². The van der Waals surface area contributed by atoms with E-state index < -0.39 is 17.5 Å². The highest BCUT2D eigenvalue weighted by Crippen LogP contribution is 2.34. The summed E-state index contributed by atoms with van der Waals surface area (Å²) < 4.78 is 28.2. The second kappa shape index (κ2) is 10.8. The molecule has 10 heteroatoms. The number of halogens is 1.